The Kier molecular flexibility index (Phi) is 13.1. The fourth-order valence-electron chi connectivity index (χ4n) is 4.11. The van der Waals surface area contributed by atoms with Gasteiger partial charge in [0.15, 0.2) is 0 Å². The first-order valence-electron chi connectivity index (χ1n) is 12.0. The van der Waals surface area contributed by atoms with Gasteiger partial charge in [-0.1, -0.05) is 30.2 Å². The average Bonchev–Trinajstić information content (AvgIpc) is 3.07. The molecule has 3 amide bonds. The number of hydrogen-bond acceptors (Lipinski definition) is 5. The number of likely N-dealkylation sites (N-methyl/N-ethyl adjacent to an activating group) is 1. The second kappa shape index (κ2) is 15.8. The number of benzene rings is 1. The van der Waals surface area contributed by atoms with Gasteiger partial charge in [0.2, 0.25) is 0 Å². The van der Waals surface area contributed by atoms with Crippen LogP contribution in [0.2, 0.25) is 5.02 Å². The Morgan fingerprint density at radius 3 is 2.91 bits per heavy atom. The van der Waals surface area contributed by atoms with Crippen molar-refractivity contribution < 1.29 is 24.2 Å². The van der Waals surface area contributed by atoms with Gasteiger partial charge in [-0.05, 0) is 56.3 Å². The summed E-state index contributed by atoms with van der Waals surface area (Å²) in [6, 6.07) is 7.27. The van der Waals surface area contributed by atoms with Gasteiger partial charge in [0.25, 0.3) is 0 Å². The molecule has 3 atom stereocenters. The van der Waals surface area contributed by atoms with Gasteiger partial charge in [-0.25, -0.2) is 9.59 Å². The number of carboxylic acid groups (broad SMARTS) is 1. The number of ether oxygens (including phenoxy) is 2. The number of amides is 3. The summed E-state index contributed by atoms with van der Waals surface area (Å²) in [6.07, 6.45) is 3.41. The van der Waals surface area contributed by atoms with E-state index in [1.165, 1.54) is 0 Å². The number of halogens is 1. The van der Waals surface area contributed by atoms with Crippen LogP contribution < -0.4 is 16.0 Å². The third-order valence-electron chi connectivity index (χ3n) is 5.89. The van der Waals surface area contributed by atoms with Crippen LogP contribution in [0.15, 0.2) is 24.3 Å². The van der Waals surface area contributed by atoms with E-state index in [0.29, 0.717) is 30.5 Å². The van der Waals surface area contributed by atoms with E-state index in [2.05, 4.69) is 16.0 Å². The molecular weight excluding hydrogens is 460 g/mol. The molecule has 34 heavy (non-hydrogen) atoms. The second-order valence-electron chi connectivity index (χ2n) is 8.73. The highest BCUT2D eigenvalue weighted by molar-refractivity contribution is 6.30. The molecule has 0 aromatic heterocycles. The lowest BCUT2D eigenvalue weighted by molar-refractivity contribution is 0.0442. The molecule has 0 spiro atoms. The maximum absolute atomic E-state index is 12.9. The molecule has 0 bridgehead atoms. The van der Waals surface area contributed by atoms with Gasteiger partial charge in [0, 0.05) is 51.0 Å². The third-order valence-corrected chi connectivity index (χ3v) is 6.13. The molecule has 0 saturated carbocycles. The van der Waals surface area contributed by atoms with E-state index in [0.717, 1.165) is 44.5 Å². The zero-order valence-corrected chi connectivity index (χ0v) is 21.0. The molecule has 0 aliphatic carbocycles. The van der Waals surface area contributed by atoms with E-state index in [4.69, 9.17) is 26.2 Å². The molecule has 4 N–H and O–H groups in total. The molecule has 1 aliphatic rings. The lowest BCUT2D eigenvalue weighted by atomic mass is 9.95. The Morgan fingerprint density at radius 2 is 2.18 bits per heavy atom. The Balaban J connectivity index is 1.90. The summed E-state index contributed by atoms with van der Waals surface area (Å²) >= 11 is 6.15. The van der Waals surface area contributed by atoms with Gasteiger partial charge in [-0.3, -0.25) is 0 Å². The predicted octanol–water partition coefficient (Wildman–Crippen LogP) is 3.49. The molecule has 192 valence electrons. The van der Waals surface area contributed by atoms with Crippen LogP contribution in [0.3, 0.4) is 0 Å². The van der Waals surface area contributed by atoms with Crippen molar-refractivity contribution in [1.82, 2.24) is 20.9 Å². The molecule has 0 radical (unpaired) electrons. The van der Waals surface area contributed by atoms with Crippen LogP contribution in [-0.4, -0.2) is 81.7 Å². The topological polar surface area (TPSA) is 112 Å². The molecule has 2 rings (SSSR count). The summed E-state index contributed by atoms with van der Waals surface area (Å²) in [5.41, 5.74) is 0.887. The lowest BCUT2D eigenvalue weighted by Crippen LogP contribution is -2.48. The lowest BCUT2D eigenvalue weighted by Gasteiger charge is -2.27. The van der Waals surface area contributed by atoms with Crippen LogP contribution in [0.25, 0.3) is 0 Å². The van der Waals surface area contributed by atoms with Crippen LogP contribution in [0.1, 0.15) is 43.8 Å². The van der Waals surface area contributed by atoms with Crippen LogP contribution in [-0.2, 0) is 9.47 Å². The number of nitrogens with zero attached hydrogens (tertiary/aromatic N) is 1. The van der Waals surface area contributed by atoms with Gasteiger partial charge in [0.05, 0.1) is 12.7 Å². The largest absolute Gasteiger partial charge is 0.465 e. The highest BCUT2D eigenvalue weighted by Gasteiger charge is 2.22. The first kappa shape index (κ1) is 28.2. The number of rotatable bonds is 13. The van der Waals surface area contributed by atoms with Crippen molar-refractivity contribution in [2.75, 3.05) is 53.6 Å². The summed E-state index contributed by atoms with van der Waals surface area (Å²) in [6.45, 7) is 3.13. The Hall–Kier alpha value is -2.07. The quantitative estimate of drug-likeness (QED) is 0.310. The Bertz CT molecular complexity index is 746. The van der Waals surface area contributed by atoms with Crippen LogP contribution >= 0.6 is 11.6 Å². The standard InChI is InChI=1S/C24H39ClN4O5/c1-26-16-21(14-18-6-3-4-12-33-17-18)28-23(30)29(2)11-9-22(34-13-10-27-24(31)32)19-7-5-8-20(25)15-19/h5,7-8,15,18,21-22,26-27H,3-4,6,9-14,16-17H2,1-2H3,(H,28,30)(H,31,32)/t18-,21?,22?/m1/s1. The molecular formula is C24H39ClN4O5. The minimum absolute atomic E-state index is 0.0220. The summed E-state index contributed by atoms with van der Waals surface area (Å²) in [5, 5.41) is 18.0. The highest BCUT2D eigenvalue weighted by atomic mass is 35.5. The highest BCUT2D eigenvalue weighted by Crippen LogP contribution is 2.24. The van der Waals surface area contributed by atoms with Crippen LogP contribution in [0.5, 0.6) is 0 Å². The van der Waals surface area contributed by atoms with Gasteiger partial charge in [-0.2, -0.15) is 0 Å². The molecule has 1 heterocycles. The van der Waals surface area contributed by atoms with Crippen molar-refractivity contribution in [3.8, 4) is 0 Å². The van der Waals surface area contributed by atoms with Crippen LogP contribution in [0.4, 0.5) is 9.59 Å². The van der Waals surface area contributed by atoms with Gasteiger partial charge < -0.3 is 35.4 Å². The number of carbonyl (C=O) groups is 2. The second-order valence-corrected chi connectivity index (χ2v) is 9.17. The Morgan fingerprint density at radius 1 is 1.35 bits per heavy atom. The third kappa shape index (κ3) is 10.9. The maximum atomic E-state index is 12.9. The molecule has 10 heteroatoms. The maximum Gasteiger partial charge on any atom is 0.404 e. The summed E-state index contributed by atoms with van der Waals surface area (Å²) in [7, 11) is 3.65. The van der Waals surface area contributed by atoms with E-state index >= 15 is 0 Å². The summed E-state index contributed by atoms with van der Waals surface area (Å²) in [5.74, 6) is 0.450. The SMILES string of the molecule is CNCC(C[C@H]1CCCCOC1)NC(=O)N(C)CCC(OCCNC(=O)O)c1cccc(Cl)c1. The minimum atomic E-state index is -1.09. The van der Waals surface area contributed by atoms with Gasteiger partial charge in [0.1, 0.15) is 0 Å². The van der Waals surface area contributed by atoms with Crippen LogP contribution in [0, 0.1) is 5.92 Å². The molecule has 1 aliphatic heterocycles. The smallest absolute Gasteiger partial charge is 0.404 e. The number of hydrogen-bond donors (Lipinski definition) is 4. The van der Waals surface area contributed by atoms with E-state index < -0.39 is 6.09 Å². The molecule has 9 nitrogen and oxygen atoms in total. The number of urea groups is 1. The van der Waals surface area contributed by atoms with Crippen molar-refractivity contribution in [1.29, 1.82) is 0 Å². The predicted molar refractivity (Wildman–Crippen MR) is 132 cm³/mol. The molecule has 1 saturated heterocycles. The summed E-state index contributed by atoms with van der Waals surface area (Å²) < 4.78 is 11.6. The Labute approximate surface area is 207 Å². The van der Waals surface area contributed by atoms with Crippen molar-refractivity contribution >= 4 is 23.7 Å². The molecule has 1 aromatic rings. The van der Waals surface area contributed by atoms with Gasteiger partial charge in [-0.15, -0.1) is 0 Å². The number of nitrogens with one attached hydrogen (secondary N) is 3. The zero-order valence-electron chi connectivity index (χ0n) is 20.2. The van der Waals surface area contributed by atoms with Crippen molar-refractivity contribution in [2.45, 2.75) is 44.2 Å². The first-order chi connectivity index (χ1) is 16.4. The molecule has 1 aromatic carbocycles. The van der Waals surface area contributed by atoms with E-state index in [1.54, 1.807) is 18.0 Å². The average molecular weight is 499 g/mol. The van der Waals surface area contributed by atoms with Crippen molar-refractivity contribution in [3.63, 3.8) is 0 Å². The first-order valence-corrected chi connectivity index (χ1v) is 12.3. The monoisotopic (exact) mass is 498 g/mol. The molecule has 1 fully saturated rings. The van der Waals surface area contributed by atoms with E-state index in [-0.39, 0.29) is 31.3 Å². The minimum Gasteiger partial charge on any atom is -0.465 e. The summed E-state index contributed by atoms with van der Waals surface area (Å²) in [4.78, 5) is 25.2. The fraction of sp³-hybridized carbons (Fsp3) is 0.667. The molecule has 2 unspecified atom stereocenters. The number of carbonyl (C=O) groups excluding carboxylic acids is 1. The van der Waals surface area contributed by atoms with Crippen molar-refractivity contribution in [3.05, 3.63) is 34.9 Å². The normalized spacial score (nSPS) is 17.9. The van der Waals surface area contributed by atoms with Gasteiger partial charge >= 0.3 is 12.1 Å². The van der Waals surface area contributed by atoms with E-state index in [1.807, 2.05) is 25.2 Å². The van der Waals surface area contributed by atoms with E-state index in [9.17, 15) is 9.59 Å². The fourth-order valence-corrected chi connectivity index (χ4v) is 4.31. The van der Waals surface area contributed by atoms with Crippen molar-refractivity contribution in [2.24, 2.45) is 5.92 Å². The zero-order chi connectivity index (χ0) is 24.8.